The molecule has 5 N–H and O–H groups in total. The smallest absolute Gasteiger partial charge is 0.331 e. The largest absolute Gasteiger partial charge is 0.511 e. The Morgan fingerprint density at radius 1 is 1.05 bits per heavy atom. The number of carboxylic acid groups (broad SMARTS) is 1. The molecule has 8 rings (SSSR count). The molecule has 4 fully saturated rings. The third-order valence-corrected chi connectivity index (χ3v) is 16.8. The van der Waals surface area contributed by atoms with Crippen molar-refractivity contribution in [2.75, 3.05) is 0 Å². The van der Waals surface area contributed by atoms with Gasteiger partial charge >= 0.3 is 5.97 Å². The van der Waals surface area contributed by atoms with Crippen LogP contribution in [0.1, 0.15) is 96.5 Å². The number of carboxylic acids is 1. The normalized spacial score (nSPS) is 44.8. The monoisotopic (exact) mass is 870 g/mol. The molecule has 1 aliphatic heterocycles. The Bertz CT molecular complexity index is 2130. The molecule has 0 aromatic carbocycles. The van der Waals surface area contributed by atoms with E-state index in [1.165, 1.54) is 0 Å². The highest BCUT2D eigenvalue weighted by Gasteiger charge is 2.79. The zero-order valence-corrected chi connectivity index (χ0v) is 36.2. The van der Waals surface area contributed by atoms with Gasteiger partial charge < -0.3 is 35.1 Å². The maximum Gasteiger partial charge on any atom is 0.331 e. The standard InChI is InChI=1S/C45H53Cl3N2O9/c1-6-24-25(41(56)57)19-42(5)16-11-9-8-10-12-23-15-17-43-20-45(43,21(3)13-14-27(43)44(23,7-2)38(54)30-36(52)29(24)31(42)37(30)53)59-28-18-26(51)34(22(4)58-28)50-40(55)35-32(46)33(47)39(48)49-35/h8,10-11,15-17,19,21-24,26-29,31,34,49,51,54H,6-7,9,12-14,18,20H2,1-5H3,(H,50,55)(H,56,57)/b10-8+,16-11+,38-30+/t21-,22?,23+,24+,26?,27+,28?,29?,31?,34?,42-,43+,44+,45-/m0/s1. The highest BCUT2D eigenvalue weighted by molar-refractivity contribution is 6.49. The molecule has 59 heavy (non-hydrogen) atoms. The lowest BCUT2D eigenvalue weighted by molar-refractivity contribution is -0.263. The minimum atomic E-state index is -1.11. The lowest BCUT2D eigenvalue weighted by Crippen LogP contribution is -2.58. The van der Waals surface area contributed by atoms with Gasteiger partial charge in [-0.25, -0.2) is 4.79 Å². The number of carbonyl (C=O) groups excluding carboxylic acids is 3. The highest BCUT2D eigenvalue weighted by Crippen LogP contribution is 2.79. The molecule has 2 bridgehead atoms. The molecular weight excluding hydrogens is 819 g/mol. The molecule has 14 atom stereocenters. The van der Waals surface area contributed by atoms with Gasteiger partial charge in [-0.1, -0.05) is 105 Å². The molecule has 2 heterocycles. The summed E-state index contributed by atoms with van der Waals surface area (Å²) in [4.78, 5) is 58.3. The molecular formula is C45H53Cl3N2O9. The fourth-order valence-corrected chi connectivity index (χ4v) is 13.3. The van der Waals surface area contributed by atoms with Crippen LogP contribution in [0.15, 0.2) is 59.4 Å². The van der Waals surface area contributed by atoms with E-state index in [4.69, 9.17) is 44.3 Å². The van der Waals surface area contributed by atoms with Gasteiger partial charge in [-0.2, -0.15) is 0 Å². The van der Waals surface area contributed by atoms with Crippen molar-refractivity contribution in [1.82, 2.24) is 10.3 Å². The van der Waals surface area contributed by atoms with Gasteiger partial charge in [-0.05, 0) is 69.6 Å². The molecule has 3 saturated carbocycles. The number of rotatable bonds is 7. The maximum atomic E-state index is 14.9. The zero-order valence-electron chi connectivity index (χ0n) is 33.9. The van der Waals surface area contributed by atoms with Gasteiger partial charge in [0.05, 0.1) is 39.5 Å². The first-order valence-corrected chi connectivity index (χ1v) is 22.1. The third kappa shape index (κ3) is 6.14. The van der Waals surface area contributed by atoms with Gasteiger partial charge in [0.1, 0.15) is 16.6 Å². The van der Waals surface area contributed by atoms with Crippen LogP contribution in [0.2, 0.25) is 15.2 Å². The van der Waals surface area contributed by atoms with Crippen molar-refractivity contribution >= 4 is 58.2 Å². The quantitative estimate of drug-likeness (QED) is 0.133. The first-order valence-electron chi connectivity index (χ1n) is 21.0. The molecule has 1 aromatic heterocycles. The van der Waals surface area contributed by atoms with E-state index in [1.807, 2.05) is 32.9 Å². The fourth-order valence-electron chi connectivity index (χ4n) is 12.7. The average Bonchev–Trinajstić information content (AvgIpc) is 3.67. The molecule has 318 valence electrons. The third-order valence-electron chi connectivity index (χ3n) is 15.5. The molecule has 11 nitrogen and oxygen atoms in total. The topological polar surface area (TPSA) is 175 Å². The summed E-state index contributed by atoms with van der Waals surface area (Å²) in [5, 5.41) is 37.6. The SMILES string of the molecule is CC[C@@H]1C(C(=O)O)=C[C@]2(C)/C=C/C/C=C/C[C@@H]3C=C[C@]45C[C@]4(OC4CC(O)C(NC(=O)c6[nH]c(Cl)c(Cl)c6Cl)C(C)O4)[C@@H](C)CC[C@H]5[C@]3(CC)/C(O)=C3/C(=O)C1C2C3=O. The predicted octanol–water partition coefficient (Wildman–Crippen LogP) is 8.50. The number of fused-ring (bicyclic) bond motifs is 3. The van der Waals surface area contributed by atoms with Crippen LogP contribution >= 0.6 is 34.8 Å². The number of nitrogens with one attached hydrogen (secondary N) is 2. The number of aliphatic hydroxyl groups is 2. The second-order valence-corrected chi connectivity index (χ2v) is 19.4. The van der Waals surface area contributed by atoms with Crippen LogP contribution in [-0.2, 0) is 23.9 Å². The summed E-state index contributed by atoms with van der Waals surface area (Å²) in [6.45, 7) is 9.58. The summed E-state index contributed by atoms with van der Waals surface area (Å²) in [7, 11) is 0. The molecule has 6 unspecified atom stereocenters. The van der Waals surface area contributed by atoms with Gasteiger partial charge in [-0.15, -0.1) is 0 Å². The minimum absolute atomic E-state index is 0.0234. The van der Waals surface area contributed by atoms with Crippen LogP contribution in [-0.4, -0.2) is 73.9 Å². The van der Waals surface area contributed by atoms with Gasteiger partial charge in [-0.3, -0.25) is 14.4 Å². The van der Waals surface area contributed by atoms with Crippen LogP contribution in [0.3, 0.4) is 0 Å². The van der Waals surface area contributed by atoms with Crippen molar-refractivity contribution in [1.29, 1.82) is 0 Å². The number of halogens is 3. The molecule has 6 aliphatic carbocycles. The molecule has 0 radical (unpaired) electrons. The number of amides is 1. The van der Waals surface area contributed by atoms with E-state index in [9.17, 15) is 34.5 Å². The van der Waals surface area contributed by atoms with Crippen LogP contribution in [0.25, 0.3) is 0 Å². The summed E-state index contributed by atoms with van der Waals surface area (Å²) >= 11 is 18.3. The number of carbonyl (C=O) groups is 4. The zero-order chi connectivity index (χ0) is 42.6. The molecule has 14 heteroatoms. The van der Waals surface area contributed by atoms with Gasteiger partial charge in [0.25, 0.3) is 5.91 Å². The van der Waals surface area contributed by atoms with E-state index in [-0.39, 0.29) is 62.0 Å². The van der Waals surface area contributed by atoms with E-state index in [0.717, 1.165) is 6.42 Å². The Balaban J connectivity index is 1.14. The van der Waals surface area contributed by atoms with Crippen LogP contribution < -0.4 is 5.32 Å². The van der Waals surface area contributed by atoms with Crippen molar-refractivity contribution in [2.45, 2.75) is 116 Å². The molecule has 1 spiro atoms. The Hall–Kier alpha value is -3.19. The average molecular weight is 872 g/mol. The Morgan fingerprint density at radius 3 is 2.44 bits per heavy atom. The Labute approximate surface area is 359 Å². The summed E-state index contributed by atoms with van der Waals surface area (Å²) in [5.74, 6) is -5.61. The van der Waals surface area contributed by atoms with E-state index in [2.05, 4.69) is 41.5 Å². The summed E-state index contributed by atoms with van der Waals surface area (Å²) in [6.07, 6.45) is 15.6. The number of ether oxygens (including phenoxy) is 2. The number of aromatic amines is 1. The summed E-state index contributed by atoms with van der Waals surface area (Å²) in [6, 6.07) is -0.798. The first kappa shape index (κ1) is 42.5. The first-order chi connectivity index (χ1) is 27.9. The number of H-pyrrole nitrogens is 1. The number of aromatic nitrogens is 1. The summed E-state index contributed by atoms with van der Waals surface area (Å²) < 4.78 is 13.5. The van der Waals surface area contributed by atoms with Crippen LogP contribution in [0, 0.1) is 51.8 Å². The minimum Gasteiger partial charge on any atom is -0.511 e. The van der Waals surface area contributed by atoms with Gasteiger partial charge in [0.2, 0.25) is 0 Å². The number of ketones is 2. The van der Waals surface area contributed by atoms with Crippen molar-refractivity contribution in [3.05, 3.63) is 80.3 Å². The number of allylic oxidation sites excluding steroid dienone is 8. The fraction of sp³-hybridized carbons (Fsp3) is 0.600. The van der Waals surface area contributed by atoms with Gasteiger partial charge in [0.15, 0.2) is 17.9 Å². The van der Waals surface area contributed by atoms with E-state index >= 15 is 0 Å². The van der Waals surface area contributed by atoms with Crippen LogP contribution in [0.4, 0.5) is 0 Å². The van der Waals surface area contributed by atoms with Crippen LogP contribution in [0.5, 0.6) is 0 Å². The number of Topliss-reactive ketones (excluding diaryl/α,β-unsaturated/α-hetero) is 2. The maximum absolute atomic E-state index is 14.9. The summed E-state index contributed by atoms with van der Waals surface area (Å²) in [5.41, 5.74) is -3.44. The number of aliphatic carboxylic acids is 1. The van der Waals surface area contributed by atoms with Gasteiger partial charge in [0, 0.05) is 46.0 Å². The molecule has 1 amide bonds. The van der Waals surface area contributed by atoms with Crippen molar-refractivity contribution in [2.24, 2.45) is 51.8 Å². The number of aliphatic hydroxyl groups excluding tert-OH is 2. The number of hydrogen-bond donors (Lipinski definition) is 5. The Morgan fingerprint density at radius 2 is 1.80 bits per heavy atom. The lowest BCUT2D eigenvalue weighted by Gasteiger charge is -2.55. The molecule has 7 aliphatic rings. The number of hydrogen-bond acceptors (Lipinski definition) is 8. The van der Waals surface area contributed by atoms with E-state index < -0.39 is 87.6 Å². The highest BCUT2D eigenvalue weighted by atomic mass is 35.5. The lowest BCUT2D eigenvalue weighted by atomic mass is 9.50. The van der Waals surface area contributed by atoms with E-state index in [1.54, 1.807) is 13.0 Å². The van der Waals surface area contributed by atoms with Crippen molar-refractivity contribution < 1.29 is 44.0 Å². The predicted molar refractivity (Wildman–Crippen MR) is 222 cm³/mol. The molecule has 1 aromatic rings. The van der Waals surface area contributed by atoms with Crippen molar-refractivity contribution in [3.63, 3.8) is 0 Å². The second kappa shape index (κ2) is 15.0. The van der Waals surface area contributed by atoms with Crippen molar-refractivity contribution in [3.8, 4) is 0 Å². The Kier molecular flexibility index (Phi) is 10.8. The molecule has 1 saturated heterocycles. The second-order valence-electron chi connectivity index (χ2n) is 18.2. The van der Waals surface area contributed by atoms with E-state index in [0.29, 0.717) is 38.5 Å².